The number of rotatable bonds is 7. The maximum Gasteiger partial charge on any atom is 0.241 e. The number of benzene rings is 10. The quantitative estimate of drug-likeness (QED) is 0.166. The third kappa shape index (κ3) is 5.77. The number of fused-ring (bicyclic) bond motifs is 7. The number of nitrogens with zero attached hydrogens (tertiary/aromatic N) is 3. The minimum Gasteiger partial charge on any atom is -0.309 e. The van der Waals surface area contributed by atoms with Crippen LogP contribution in [0.1, 0.15) is 17.3 Å². The molecule has 1 N–H and O–H groups in total. The van der Waals surface area contributed by atoms with Gasteiger partial charge in [0.25, 0.3) is 0 Å². The molecule has 64 heavy (non-hydrogen) atoms. The van der Waals surface area contributed by atoms with Crippen LogP contribution in [0.2, 0.25) is 0 Å². The van der Waals surface area contributed by atoms with Gasteiger partial charge in [-0.25, -0.2) is 4.90 Å². The van der Waals surface area contributed by atoms with Crippen molar-refractivity contribution in [1.82, 2.24) is 9.13 Å². The lowest BCUT2D eigenvalue weighted by atomic mass is 9.98. The molecule has 4 nitrogen and oxygen atoms in total. The van der Waals surface area contributed by atoms with E-state index in [4.69, 9.17) is 4.99 Å². The fourth-order valence-electron chi connectivity index (χ4n) is 10.3. The molecule has 2 unspecified atom stereocenters. The molecule has 10 aromatic carbocycles. The minimum absolute atomic E-state index is 0.100. The summed E-state index contributed by atoms with van der Waals surface area (Å²) in [4.78, 5) is 6.67. The Kier molecular flexibility index (Phi) is 8.33. The summed E-state index contributed by atoms with van der Waals surface area (Å²) >= 11 is 0. The number of aromatic nitrogens is 2. The summed E-state index contributed by atoms with van der Waals surface area (Å²) in [6, 6.07) is 86.0. The molecular formula is C60H41N4+. The lowest BCUT2D eigenvalue weighted by Crippen LogP contribution is -3.14. The Hall–Kier alpha value is -8.31. The molecule has 300 valence electrons. The van der Waals surface area contributed by atoms with Gasteiger partial charge in [0.2, 0.25) is 12.0 Å². The van der Waals surface area contributed by atoms with Gasteiger partial charge in [0.15, 0.2) is 0 Å². The fourth-order valence-corrected chi connectivity index (χ4v) is 10.3. The number of para-hydroxylation sites is 3. The third-order valence-electron chi connectivity index (χ3n) is 13.2. The van der Waals surface area contributed by atoms with E-state index in [-0.39, 0.29) is 6.17 Å². The summed E-state index contributed by atoms with van der Waals surface area (Å²) in [5.41, 5.74) is 15.4. The van der Waals surface area contributed by atoms with Gasteiger partial charge in [0.1, 0.15) is 5.69 Å². The van der Waals surface area contributed by atoms with E-state index >= 15 is 0 Å². The molecule has 12 aromatic rings. The second-order valence-corrected chi connectivity index (χ2v) is 16.9. The topological polar surface area (TPSA) is 26.7 Å². The van der Waals surface area contributed by atoms with E-state index in [9.17, 15) is 0 Å². The first kappa shape index (κ1) is 36.4. The van der Waals surface area contributed by atoms with Gasteiger partial charge in [-0.1, -0.05) is 152 Å². The van der Waals surface area contributed by atoms with Crippen molar-refractivity contribution in [3.63, 3.8) is 0 Å². The summed E-state index contributed by atoms with van der Waals surface area (Å²) in [6.07, 6.45) is -0.100. The first-order chi connectivity index (χ1) is 31.7. The fraction of sp³-hybridized carbons (Fsp3) is 0.0167. The summed E-state index contributed by atoms with van der Waals surface area (Å²) in [5.74, 6) is 1.05. The SMILES string of the molecule is c1ccc(-c2cccc(C3=NC(c4ccc(-n5c6ccccc6c6cc7c(-n8c9ccccc9c9ccccc98)cccc7cc65)cc4)[NH+]3c3cccc(-c4ccccc4)c3)c2)cc1. The summed E-state index contributed by atoms with van der Waals surface area (Å²) in [7, 11) is 0. The van der Waals surface area contributed by atoms with E-state index in [1.165, 1.54) is 98.5 Å². The van der Waals surface area contributed by atoms with Gasteiger partial charge in [0, 0.05) is 44.2 Å². The average Bonchev–Trinajstić information content (AvgIpc) is 3.86. The van der Waals surface area contributed by atoms with Crippen molar-refractivity contribution >= 4 is 65.9 Å². The van der Waals surface area contributed by atoms with E-state index in [0.29, 0.717) is 0 Å². The van der Waals surface area contributed by atoms with Crippen LogP contribution in [0.4, 0.5) is 5.69 Å². The van der Waals surface area contributed by atoms with E-state index in [1.807, 2.05) is 0 Å². The van der Waals surface area contributed by atoms with Gasteiger partial charge in [-0.2, -0.15) is 4.99 Å². The van der Waals surface area contributed by atoms with Crippen molar-refractivity contribution < 1.29 is 4.90 Å². The zero-order valence-corrected chi connectivity index (χ0v) is 34.9. The molecule has 0 aliphatic carbocycles. The van der Waals surface area contributed by atoms with Crippen LogP contribution >= 0.6 is 0 Å². The summed E-state index contributed by atoms with van der Waals surface area (Å²) < 4.78 is 4.87. The van der Waals surface area contributed by atoms with Gasteiger partial charge < -0.3 is 9.13 Å². The van der Waals surface area contributed by atoms with Crippen molar-refractivity contribution in [3.05, 3.63) is 248 Å². The van der Waals surface area contributed by atoms with Gasteiger partial charge in [-0.05, 0) is 107 Å². The smallest absolute Gasteiger partial charge is 0.241 e. The van der Waals surface area contributed by atoms with Crippen LogP contribution in [0.3, 0.4) is 0 Å². The second-order valence-electron chi connectivity index (χ2n) is 16.9. The maximum absolute atomic E-state index is 5.42. The maximum atomic E-state index is 5.42. The predicted octanol–water partition coefficient (Wildman–Crippen LogP) is 14.0. The molecule has 0 saturated heterocycles. The molecule has 0 bridgehead atoms. The van der Waals surface area contributed by atoms with Crippen molar-refractivity contribution in [1.29, 1.82) is 0 Å². The summed E-state index contributed by atoms with van der Waals surface area (Å²) in [6.45, 7) is 0. The minimum atomic E-state index is -0.100. The molecule has 2 aromatic heterocycles. The lowest BCUT2D eigenvalue weighted by molar-refractivity contribution is -0.792. The molecule has 1 aliphatic rings. The highest BCUT2D eigenvalue weighted by Gasteiger charge is 2.41. The molecule has 13 rings (SSSR count). The molecule has 0 fully saturated rings. The molecule has 2 atom stereocenters. The standard InChI is InChI=1S/C60H40N4/c1-3-16-40(17-4-1)43-20-13-23-46(36-43)60-61-59(63(60)48-24-14-21-44(37-48)41-18-5-2-6-19-41)42-32-34-47(35-33-42)62-54-28-10-9-27-51(54)53-39-52-45(38-58(53)62)22-15-31-57(52)64-55-29-11-7-25-49(55)50-26-8-12-30-56(50)64/h1-39,59H/p+1. The van der Waals surface area contributed by atoms with Crippen LogP contribution in [0.25, 0.3) is 88.0 Å². The monoisotopic (exact) mass is 817 g/mol. The Labute approximate surface area is 370 Å². The first-order valence-electron chi connectivity index (χ1n) is 22.1. The Morgan fingerprint density at radius 3 is 1.55 bits per heavy atom. The predicted molar refractivity (Wildman–Crippen MR) is 266 cm³/mol. The van der Waals surface area contributed by atoms with Crippen molar-refractivity contribution in [2.45, 2.75) is 6.17 Å². The van der Waals surface area contributed by atoms with Crippen molar-refractivity contribution in [2.75, 3.05) is 0 Å². The van der Waals surface area contributed by atoms with E-state index in [1.54, 1.807) is 0 Å². The number of nitrogens with one attached hydrogen (secondary N) is 1. The molecule has 0 saturated carbocycles. The molecule has 3 heterocycles. The largest absolute Gasteiger partial charge is 0.309 e. The Bertz CT molecular complexity index is 3730. The van der Waals surface area contributed by atoms with Crippen LogP contribution in [-0.2, 0) is 0 Å². The van der Waals surface area contributed by atoms with Gasteiger partial charge in [-0.3, -0.25) is 0 Å². The molecule has 0 amide bonds. The van der Waals surface area contributed by atoms with Crippen molar-refractivity contribution in [3.8, 4) is 33.6 Å². The van der Waals surface area contributed by atoms with Crippen LogP contribution < -0.4 is 4.90 Å². The van der Waals surface area contributed by atoms with Crippen LogP contribution in [0.5, 0.6) is 0 Å². The van der Waals surface area contributed by atoms with Gasteiger partial charge >= 0.3 is 0 Å². The second kappa shape index (κ2) is 14.7. The molecule has 1 aliphatic heterocycles. The highest BCUT2D eigenvalue weighted by molar-refractivity contribution is 6.16. The van der Waals surface area contributed by atoms with Crippen LogP contribution in [-0.4, -0.2) is 15.0 Å². The Morgan fingerprint density at radius 2 is 0.875 bits per heavy atom. The Morgan fingerprint density at radius 1 is 0.344 bits per heavy atom. The van der Waals surface area contributed by atoms with Crippen LogP contribution in [0, 0.1) is 0 Å². The van der Waals surface area contributed by atoms with Crippen molar-refractivity contribution in [2.24, 2.45) is 4.99 Å². The third-order valence-corrected chi connectivity index (χ3v) is 13.2. The molecule has 0 spiro atoms. The molecule has 0 radical (unpaired) electrons. The van der Waals surface area contributed by atoms with E-state index in [2.05, 4.69) is 246 Å². The lowest BCUT2D eigenvalue weighted by Gasteiger charge is -2.34. The Balaban J connectivity index is 0.927. The van der Waals surface area contributed by atoms with Crippen LogP contribution in [0.15, 0.2) is 242 Å². The zero-order chi connectivity index (χ0) is 42.1. The summed E-state index contributed by atoms with van der Waals surface area (Å²) in [5, 5.41) is 7.44. The van der Waals surface area contributed by atoms with Gasteiger partial charge in [0.05, 0.1) is 33.3 Å². The number of amidine groups is 1. The highest BCUT2D eigenvalue weighted by Crippen LogP contribution is 2.40. The number of hydrogen-bond acceptors (Lipinski definition) is 1. The molecular weight excluding hydrogens is 777 g/mol. The van der Waals surface area contributed by atoms with E-state index in [0.717, 1.165) is 17.1 Å². The zero-order valence-electron chi connectivity index (χ0n) is 34.9. The number of quaternary nitrogens is 1. The number of hydrogen-bond donors (Lipinski definition) is 1. The number of aliphatic imine (C=N–C) groups is 1. The molecule has 4 heteroatoms. The highest BCUT2D eigenvalue weighted by atomic mass is 15.4. The van der Waals surface area contributed by atoms with E-state index < -0.39 is 0 Å². The average molecular weight is 818 g/mol. The normalized spacial score (nSPS) is 15.0. The first-order valence-corrected chi connectivity index (χ1v) is 22.1. The van der Waals surface area contributed by atoms with Gasteiger partial charge in [-0.15, -0.1) is 0 Å².